The first-order valence-corrected chi connectivity index (χ1v) is 7.16. The van der Waals surface area contributed by atoms with Crippen LogP contribution in [0.3, 0.4) is 0 Å². The minimum Gasteiger partial charge on any atom is -0.351 e. The van der Waals surface area contributed by atoms with E-state index in [2.05, 4.69) is 31.4 Å². The predicted octanol–water partition coefficient (Wildman–Crippen LogP) is 2.60. The van der Waals surface area contributed by atoms with Crippen molar-refractivity contribution in [3.63, 3.8) is 0 Å². The molecule has 1 aromatic rings. The molecule has 1 heterocycles. The normalized spacial score (nSPS) is 21.3. The zero-order chi connectivity index (χ0) is 15.7. The Morgan fingerprint density at radius 3 is 2.43 bits per heavy atom. The van der Waals surface area contributed by atoms with Crippen molar-refractivity contribution >= 4 is 5.91 Å². The van der Waals surface area contributed by atoms with Gasteiger partial charge in [0.2, 0.25) is 5.91 Å². The number of hydrogen-bond donors (Lipinski definition) is 2. The van der Waals surface area contributed by atoms with E-state index < -0.39 is 24.9 Å². The van der Waals surface area contributed by atoms with Gasteiger partial charge in [-0.3, -0.25) is 10.1 Å². The molecule has 1 aliphatic heterocycles. The van der Waals surface area contributed by atoms with Crippen LogP contribution in [0.1, 0.15) is 38.3 Å². The van der Waals surface area contributed by atoms with Gasteiger partial charge in [-0.25, -0.2) is 8.78 Å². The molecule has 3 nitrogen and oxygen atoms in total. The van der Waals surface area contributed by atoms with Crippen molar-refractivity contribution < 1.29 is 13.6 Å². The van der Waals surface area contributed by atoms with Gasteiger partial charge in [0, 0.05) is 13.0 Å². The number of rotatable bonds is 3. The Kier molecular flexibility index (Phi) is 4.33. The van der Waals surface area contributed by atoms with Crippen LogP contribution in [-0.4, -0.2) is 24.4 Å². The number of nitrogens with one attached hydrogen (secondary N) is 2. The molecule has 5 heteroatoms. The molecule has 2 rings (SSSR count). The Labute approximate surface area is 124 Å². The number of halogens is 2. The summed E-state index contributed by atoms with van der Waals surface area (Å²) < 4.78 is 26.1. The van der Waals surface area contributed by atoms with Gasteiger partial charge in [-0.15, -0.1) is 0 Å². The summed E-state index contributed by atoms with van der Waals surface area (Å²) in [4.78, 5) is 11.8. The SMILES string of the molecule is CC(C)(C)c1ccc(CNC(=O)C2CC(F)(F)CN2)cc1. The summed E-state index contributed by atoms with van der Waals surface area (Å²) in [6, 6.07) is 7.18. The lowest BCUT2D eigenvalue weighted by Crippen LogP contribution is -2.40. The molecule has 1 aromatic carbocycles. The predicted molar refractivity (Wildman–Crippen MR) is 78.3 cm³/mol. The van der Waals surface area contributed by atoms with E-state index in [9.17, 15) is 13.6 Å². The average molecular weight is 296 g/mol. The average Bonchev–Trinajstić information content (AvgIpc) is 2.76. The van der Waals surface area contributed by atoms with E-state index in [-0.39, 0.29) is 11.3 Å². The Morgan fingerprint density at radius 1 is 1.33 bits per heavy atom. The molecule has 0 bridgehead atoms. The summed E-state index contributed by atoms with van der Waals surface area (Å²) in [6.45, 7) is 6.33. The summed E-state index contributed by atoms with van der Waals surface area (Å²) in [5, 5.41) is 5.25. The second-order valence-corrected chi connectivity index (χ2v) is 6.66. The van der Waals surface area contributed by atoms with Crippen molar-refractivity contribution in [1.82, 2.24) is 10.6 Å². The molecular weight excluding hydrogens is 274 g/mol. The highest BCUT2D eigenvalue weighted by molar-refractivity contribution is 5.82. The molecule has 1 unspecified atom stereocenters. The molecular formula is C16H22F2N2O. The fourth-order valence-electron chi connectivity index (χ4n) is 2.34. The highest BCUT2D eigenvalue weighted by Gasteiger charge is 2.42. The second-order valence-electron chi connectivity index (χ2n) is 6.66. The molecule has 1 fully saturated rings. The maximum atomic E-state index is 13.0. The topological polar surface area (TPSA) is 41.1 Å². The minimum absolute atomic E-state index is 0.0845. The van der Waals surface area contributed by atoms with Gasteiger partial charge in [-0.05, 0) is 16.5 Å². The fourth-order valence-corrected chi connectivity index (χ4v) is 2.34. The molecule has 1 atom stereocenters. The van der Waals surface area contributed by atoms with Crippen LogP contribution in [0.25, 0.3) is 0 Å². The molecule has 0 aliphatic carbocycles. The van der Waals surface area contributed by atoms with Crippen LogP contribution in [0, 0.1) is 0 Å². The Morgan fingerprint density at radius 2 is 1.95 bits per heavy atom. The van der Waals surface area contributed by atoms with Gasteiger partial charge in [-0.2, -0.15) is 0 Å². The maximum Gasteiger partial charge on any atom is 0.262 e. The summed E-state index contributed by atoms with van der Waals surface area (Å²) in [5.74, 6) is -3.15. The molecule has 1 amide bonds. The number of amides is 1. The smallest absolute Gasteiger partial charge is 0.262 e. The first kappa shape index (κ1) is 15.9. The maximum absolute atomic E-state index is 13.0. The van der Waals surface area contributed by atoms with Crippen LogP contribution in [0.2, 0.25) is 0 Å². The third-order valence-corrected chi connectivity index (χ3v) is 3.71. The largest absolute Gasteiger partial charge is 0.351 e. The van der Waals surface area contributed by atoms with Crippen LogP contribution in [0.15, 0.2) is 24.3 Å². The molecule has 0 radical (unpaired) electrons. The first-order valence-electron chi connectivity index (χ1n) is 7.16. The van der Waals surface area contributed by atoms with Crippen molar-refractivity contribution in [1.29, 1.82) is 0 Å². The summed E-state index contributed by atoms with van der Waals surface area (Å²) in [5.41, 5.74) is 2.26. The van der Waals surface area contributed by atoms with E-state index in [1.165, 1.54) is 5.56 Å². The van der Waals surface area contributed by atoms with Crippen LogP contribution in [0.4, 0.5) is 8.78 Å². The van der Waals surface area contributed by atoms with Crippen molar-refractivity contribution in [2.45, 2.75) is 51.1 Å². The lowest BCUT2D eigenvalue weighted by Gasteiger charge is -2.19. The summed E-state index contributed by atoms with van der Waals surface area (Å²) in [7, 11) is 0. The molecule has 1 aliphatic rings. The fraction of sp³-hybridized carbons (Fsp3) is 0.562. The highest BCUT2D eigenvalue weighted by Crippen LogP contribution is 2.25. The van der Waals surface area contributed by atoms with Gasteiger partial charge in [0.05, 0.1) is 12.6 Å². The van der Waals surface area contributed by atoms with Gasteiger partial charge in [-0.1, -0.05) is 45.0 Å². The third kappa shape index (κ3) is 4.24. The first-order chi connectivity index (χ1) is 9.67. The zero-order valence-corrected chi connectivity index (χ0v) is 12.7. The van der Waals surface area contributed by atoms with Crippen LogP contribution in [-0.2, 0) is 16.8 Å². The lowest BCUT2D eigenvalue weighted by atomic mass is 9.87. The zero-order valence-electron chi connectivity index (χ0n) is 12.7. The second kappa shape index (κ2) is 5.72. The van der Waals surface area contributed by atoms with E-state index in [1.807, 2.05) is 24.3 Å². The third-order valence-electron chi connectivity index (χ3n) is 3.71. The van der Waals surface area contributed by atoms with Gasteiger partial charge < -0.3 is 5.32 Å². The molecule has 1 saturated heterocycles. The van der Waals surface area contributed by atoms with E-state index in [4.69, 9.17) is 0 Å². The van der Waals surface area contributed by atoms with Crippen LogP contribution in [0.5, 0.6) is 0 Å². The van der Waals surface area contributed by atoms with E-state index >= 15 is 0 Å². The number of carbonyl (C=O) groups excluding carboxylic acids is 1. The molecule has 116 valence electrons. The van der Waals surface area contributed by atoms with Gasteiger partial charge >= 0.3 is 0 Å². The van der Waals surface area contributed by atoms with Crippen molar-refractivity contribution in [3.05, 3.63) is 35.4 Å². The number of hydrogen-bond acceptors (Lipinski definition) is 2. The van der Waals surface area contributed by atoms with Gasteiger partial charge in [0.15, 0.2) is 0 Å². The van der Waals surface area contributed by atoms with Crippen LogP contribution < -0.4 is 10.6 Å². The van der Waals surface area contributed by atoms with Crippen molar-refractivity contribution in [2.75, 3.05) is 6.54 Å². The quantitative estimate of drug-likeness (QED) is 0.900. The Balaban J connectivity index is 1.87. The van der Waals surface area contributed by atoms with Gasteiger partial charge in [0.1, 0.15) is 0 Å². The van der Waals surface area contributed by atoms with Gasteiger partial charge in [0.25, 0.3) is 5.92 Å². The summed E-state index contributed by atoms with van der Waals surface area (Å²) >= 11 is 0. The number of carbonyl (C=O) groups is 1. The van der Waals surface area contributed by atoms with Crippen molar-refractivity contribution in [3.8, 4) is 0 Å². The number of benzene rings is 1. The van der Waals surface area contributed by atoms with E-state index in [0.717, 1.165) is 5.56 Å². The molecule has 2 N–H and O–H groups in total. The molecule has 0 saturated carbocycles. The summed E-state index contributed by atoms with van der Waals surface area (Å²) in [6.07, 6.45) is -0.429. The Bertz CT molecular complexity index is 506. The molecule has 0 spiro atoms. The highest BCUT2D eigenvalue weighted by atomic mass is 19.3. The Hall–Kier alpha value is -1.49. The van der Waals surface area contributed by atoms with E-state index in [1.54, 1.807) is 0 Å². The minimum atomic E-state index is -2.78. The number of alkyl halides is 2. The monoisotopic (exact) mass is 296 g/mol. The van der Waals surface area contributed by atoms with Crippen molar-refractivity contribution in [2.24, 2.45) is 0 Å². The van der Waals surface area contributed by atoms with E-state index in [0.29, 0.717) is 6.54 Å². The lowest BCUT2D eigenvalue weighted by molar-refractivity contribution is -0.123. The standard InChI is InChI=1S/C16H22F2N2O/c1-15(2,3)12-6-4-11(5-7-12)9-19-14(21)13-8-16(17,18)10-20-13/h4-7,13,20H,8-10H2,1-3H3,(H,19,21). The molecule has 0 aromatic heterocycles. The van der Waals surface area contributed by atoms with Crippen LogP contribution >= 0.6 is 0 Å². The molecule has 21 heavy (non-hydrogen) atoms.